The maximum atomic E-state index is 14.1. The normalized spacial score (nSPS) is 13.7. The smallest absolute Gasteiger partial charge is 0.410 e. The molecule has 0 fully saturated rings. The SMILES string of the molecule is Cn1c2c(c3ccc(-n4ccc(OCc5ccc(Cl)cc5F)cc4=O)cc31)CN(C(=O)OC(C)(C)C)CCC2. The summed E-state index contributed by atoms with van der Waals surface area (Å²) in [5.74, 6) is -0.112. The summed E-state index contributed by atoms with van der Waals surface area (Å²) in [6.07, 6.45) is 3.02. The van der Waals surface area contributed by atoms with E-state index in [1.54, 1.807) is 33.9 Å². The Morgan fingerprint density at radius 2 is 1.90 bits per heavy atom. The second kappa shape index (κ2) is 10.4. The van der Waals surface area contributed by atoms with E-state index >= 15 is 0 Å². The van der Waals surface area contributed by atoms with Gasteiger partial charge in [-0.1, -0.05) is 23.7 Å². The molecule has 0 bridgehead atoms. The van der Waals surface area contributed by atoms with Crippen LogP contribution in [-0.4, -0.2) is 32.3 Å². The molecule has 4 aromatic rings. The highest BCUT2D eigenvalue weighted by molar-refractivity contribution is 6.30. The van der Waals surface area contributed by atoms with Gasteiger partial charge < -0.3 is 18.9 Å². The summed E-state index contributed by atoms with van der Waals surface area (Å²) in [5, 5.41) is 1.36. The highest BCUT2D eigenvalue weighted by Gasteiger charge is 2.27. The molecule has 0 N–H and O–H groups in total. The number of hydrogen-bond donors (Lipinski definition) is 0. The summed E-state index contributed by atoms with van der Waals surface area (Å²) in [6.45, 7) is 6.70. The van der Waals surface area contributed by atoms with E-state index in [9.17, 15) is 14.0 Å². The fourth-order valence-electron chi connectivity index (χ4n) is 4.95. The minimum absolute atomic E-state index is 0.0202. The second-order valence-electron chi connectivity index (χ2n) is 10.8. The number of nitrogens with zero attached hydrogens (tertiary/aromatic N) is 3. The van der Waals surface area contributed by atoms with Crippen molar-refractivity contribution in [1.82, 2.24) is 14.0 Å². The Morgan fingerprint density at radius 1 is 1.10 bits per heavy atom. The number of ether oxygens (including phenoxy) is 2. The van der Waals surface area contributed by atoms with Gasteiger partial charge in [0.2, 0.25) is 0 Å². The summed E-state index contributed by atoms with van der Waals surface area (Å²) in [4.78, 5) is 27.6. The van der Waals surface area contributed by atoms with E-state index < -0.39 is 11.4 Å². The largest absolute Gasteiger partial charge is 0.489 e. The van der Waals surface area contributed by atoms with Gasteiger partial charge in [0.15, 0.2) is 0 Å². The number of pyridine rings is 1. The second-order valence-corrected chi connectivity index (χ2v) is 11.2. The first kappa shape index (κ1) is 26.8. The van der Waals surface area contributed by atoms with Gasteiger partial charge in [0.1, 0.15) is 23.8 Å². The molecule has 0 radical (unpaired) electrons. The zero-order chi connectivity index (χ0) is 27.9. The Balaban J connectivity index is 1.40. The first-order valence-corrected chi connectivity index (χ1v) is 13.3. The molecular formula is C30H31ClFN3O4. The van der Waals surface area contributed by atoms with E-state index in [-0.39, 0.29) is 18.3 Å². The monoisotopic (exact) mass is 551 g/mol. The van der Waals surface area contributed by atoms with Crippen molar-refractivity contribution in [3.05, 3.63) is 92.7 Å². The van der Waals surface area contributed by atoms with E-state index in [4.69, 9.17) is 21.1 Å². The van der Waals surface area contributed by atoms with Gasteiger partial charge in [0, 0.05) is 53.1 Å². The molecule has 2 aromatic carbocycles. The van der Waals surface area contributed by atoms with E-state index in [0.29, 0.717) is 35.1 Å². The third-order valence-corrected chi connectivity index (χ3v) is 7.08. The molecule has 0 aliphatic carbocycles. The summed E-state index contributed by atoms with van der Waals surface area (Å²) in [7, 11) is 2.02. The van der Waals surface area contributed by atoms with Gasteiger partial charge in [-0.3, -0.25) is 9.36 Å². The molecule has 0 atom stereocenters. The Bertz CT molecular complexity index is 1620. The van der Waals surface area contributed by atoms with Crippen molar-refractivity contribution < 1.29 is 18.7 Å². The highest BCUT2D eigenvalue weighted by atomic mass is 35.5. The number of hydrogen-bond acceptors (Lipinski definition) is 4. The number of benzene rings is 2. The van der Waals surface area contributed by atoms with Crippen molar-refractivity contribution in [1.29, 1.82) is 0 Å². The predicted molar refractivity (Wildman–Crippen MR) is 149 cm³/mol. The van der Waals surface area contributed by atoms with Crippen LogP contribution in [0.5, 0.6) is 5.75 Å². The third kappa shape index (κ3) is 5.66. The molecule has 0 unspecified atom stereocenters. The number of carbonyl (C=O) groups is 1. The maximum absolute atomic E-state index is 14.1. The summed E-state index contributed by atoms with van der Waals surface area (Å²) >= 11 is 5.81. The Kier molecular flexibility index (Phi) is 7.16. The number of amides is 1. The van der Waals surface area contributed by atoms with Crippen molar-refractivity contribution in [2.45, 2.75) is 52.4 Å². The number of fused-ring (bicyclic) bond motifs is 3. The molecule has 0 saturated carbocycles. The van der Waals surface area contributed by atoms with Crippen LogP contribution in [0.25, 0.3) is 16.6 Å². The zero-order valence-corrected chi connectivity index (χ0v) is 23.2. The first-order chi connectivity index (χ1) is 18.5. The summed E-state index contributed by atoms with van der Waals surface area (Å²) in [5.41, 5.74) is 3.50. The fraction of sp³-hybridized carbons (Fsp3) is 0.333. The lowest BCUT2D eigenvalue weighted by atomic mass is 10.1. The number of rotatable bonds is 4. The van der Waals surface area contributed by atoms with Crippen LogP contribution < -0.4 is 10.3 Å². The lowest BCUT2D eigenvalue weighted by Crippen LogP contribution is -2.36. The minimum atomic E-state index is -0.556. The van der Waals surface area contributed by atoms with Crippen molar-refractivity contribution in [2.75, 3.05) is 6.54 Å². The number of aryl methyl sites for hydroxylation is 1. The highest BCUT2D eigenvalue weighted by Crippen LogP contribution is 2.32. The molecule has 3 heterocycles. The van der Waals surface area contributed by atoms with Crippen LogP contribution in [0.15, 0.2) is 59.5 Å². The fourth-order valence-corrected chi connectivity index (χ4v) is 5.11. The van der Waals surface area contributed by atoms with Crippen LogP contribution in [0.3, 0.4) is 0 Å². The standard InChI is InChI=1S/C30H31ClFN3O4/c1-30(2,3)39-29(37)34-12-5-6-26-24(17-34)23-10-9-21(15-27(23)33(26)4)35-13-11-22(16-28(35)36)38-18-19-7-8-20(31)14-25(19)32/h7-11,13-16H,5-6,12,17-18H2,1-4H3. The molecule has 5 rings (SSSR count). The Morgan fingerprint density at radius 3 is 2.62 bits per heavy atom. The molecule has 1 aliphatic heterocycles. The molecule has 0 spiro atoms. The lowest BCUT2D eigenvalue weighted by Gasteiger charge is -2.26. The molecule has 7 nitrogen and oxygen atoms in total. The minimum Gasteiger partial charge on any atom is -0.489 e. The molecule has 9 heteroatoms. The maximum Gasteiger partial charge on any atom is 0.410 e. The quantitative estimate of drug-likeness (QED) is 0.295. The van der Waals surface area contributed by atoms with E-state index in [0.717, 1.165) is 29.3 Å². The summed E-state index contributed by atoms with van der Waals surface area (Å²) < 4.78 is 29.0. The molecular weight excluding hydrogens is 521 g/mol. The lowest BCUT2D eigenvalue weighted by molar-refractivity contribution is 0.0237. The van der Waals surface area contributed by atoms with Crippen LogP contribution in [-0.2, 0) is 31.4 Å². The number of carbonyl (C=O) groups excluding carboxylic acids is 1. The van der Waals surface area contributed by atoms with Gasteiger partial charge >= 0.3 is 6.09 Å². The topological polar surface area (TPSA) is 65.7 Å². The van der Waals surface area contributed by atoms with Crippen LogP contribution in [0.1, 0.15) is 44.0 Å². The Labute approximate surface area is 231 Å². The van der Waals surface area contributed by atoms with Crippen molar-refractivity contribution in [3.63, 3.8) is 0 Å². The van der Waals surface area contributed by atoms with E-state index in [2.05, 4.69) is 4.57 Å². The molecule has 2 aromatic heterocycles. The average Bonchev–Trinajstić information content (AvgIpc) is 3.00. The Hall–Kier alpha value is -3.78. The van der Waals surface area contributed by atoms with Crippen LogP contribution in [0, 0.1) is 5.82 Å². The number of halogens is 2. The van der Waals surface area contributed by atoms with Gasteiger partial charge in [-0.2, -0.15) is 0 Å². The molecule has 0 saturated heterocycles. The summed E-state index contributed by atoms with van der Waals surface area (Å²) in [6, 6.07) is 13.3. The molecule has 1 aliphatic rings. The van der Waals surface area contributed by atoms with Crippen molar-refractivity contribution in [3.8, 4) is 11.4 Å². The first-order valence-electron chi connectivity index (χ1n) is 12.9. The van der Waals surface area contributed by atoms with E-state index in [1.807, 2.05) is 46.0 Å². The van der Waals surface area contributed by atoms with Crippen LogP contribution in [0.4, 0.5) is 9.18 Å². The van der Waals surface area contributed by atoms with Crippen LogP contribution in [0.2, 0.25) is 5.02 Å². The number of aromatic nitrogens is 2. The van der Waals surface area contributed by atoms with Gasteiger partial charge in [0.25, 0.3) is 5.56 Å². The third-order valence-electron chi connectivity index (χ3n) is 6.84. The molecule has 1 amide bonds. The average molecular weight is 552 g/mol. The zero-order valence-electron chi connectivity index (χ0n) is 22.5. The predicted octanol–water partition coefficient (Wildman–Crippen LogP) is 6.38. The molecule has 39 heavy (non-hydrogen) atoms. The van der Waals surface area contributed by atoms with Gasteiger partial charge in [-0.05, 0) is 63.9 Å². The van der Waals surface area contributed by atoms with Gasteiger partial charge in [-0.15, -0.1) is 0 Å². The molecule has 204 valence electrons. The van der Waals surface area contributed by atoms with E-state index in [1.165, 1.54) is 17.8 Å². The van der Waals surface area contributed by atoms with Gasteiger partial charge in [0.05, 0.1) is 17.7 Å². The van der Waals surface area contributed by atoms with Crippen LogP contribution >= 0.6 is 11.6 Å². The van der Waals surface area contributed by atoms with Crippen molar-refractivity contribution in [2.24, 2.45) is 7.05 Å². The van der Waals surface area contributed by atoms with Crippen molar-refractivity contribution >= 4 is 28.6 Å². The van der Waals surface area contributed by atoms with Gasteiger partial charge in [-0.25, -0.2) is 9.18 Å².